The largest absolute Gasteiger partial charge is 0.479 e. The fourth-order valence-corrected chi connectivity index (χ4v) is 6.52. The number of nitrogens with two attached hydrogens (primary N) is 2. The van der Waals surface area contributed by atoms with Crippen LogP contribution >= 0.6 is 0 Å². The van der Waals surface area contributed by atoms with Gasteiger partial charge in [-0.3, -0.25) is 20.3 Å². The van der Waals surface area contributed by atoms with Gasteiger partial charge in [-0.1, -0.05) is 54.6 Å². The van der Waals surface area contributed by atoms with E-state index >= 15 is 0 Å². The topological polar surface area (TPSA) is 206 Å². The van der Waals surface area contributed by atoms with Gasteiger partial charge in [0, 0.05) is 5.56 Å². The molecule has 2 unspecified atom stereocenters. The van der Waals surface area contributed by atoms with Crippen molar-refractivity contribution in [2.75, 3.05) is 13.1 Å². The number of fused-ring (bicyclic) bond motifs is 1. The van der Waals surface area contributed by atoms with Gasteiger partial charge in [0.25, 0.3) is 0 Å². The quantitative estimate of drug-likeness (QED) is 0.118. The molecule has 3 aromatic rings. The lowest BCUT2D eigenvalue weighted by atomic mass is 9.56. The molecule has 1 saturated heterocycles. The monoisotopic (exact) mass is 565 g/mol. The zero-order valence-electron chi connectivity index (χ0n) is 21.8. The maximum atomic E-state index is 14.2. The van der Waals surface area contributed by atoms with Gasteiger partial charge in [-0.15, -0.1) is 0 Å². The van der Waals surface area contributed by atoms with Crippen LogP contribution in [-0.4, -0.2) is 61.6 Å². The second-order valence-corrected chi connectivity index (χ2v) is 11.7. The maximum Gasteiger partial charge on any atom is 0.333 e. The summed E-state index contributed by atoms with van der Waals surface area (Å²) in [5.74, 6) is -3.58. The standard InChI is InChI=1S/C28H31N5O6S/c1-17(29)24(35)28(26(36)37)27(13-4-14-32-28,21-10-7-19(8-11-21)25(30)31)23(34)16-33-40(38,39)22-12-9-18-5-2-3-6-20(18)15-22/h2-3,5-12,15,17,32-33H,4,13-14,16,29H2,1H3,(H3,30,31)(H,36,37)/t17-,27?,28?/m0/s1. The highest BCUT2D eigenvalue weighted by Gasteiger charge is 2.67. The van der Waals surface area contributed by atoms with Crippen LogP contribution in [0.25, 0.3) is 10.8 Å². The molecule has 3 aromatic carbocycles. The fourth-order valence-electron chi connectivity index (χ4n) is 5.50. The molecule has 0 amide bonds. The summed E-state index contributed by atoms with van der Waals surface area (Å²) in [6, 6.07) is 16.2. The Morgan fingerprint density at radius 1 is 1.07 bits per heavy atom. The van der Waals surface area contributed by atoms with Crippen LogP contribution in [0.3, 0.4) is 0 Å². The van der Waals surface area contributed by atoms with Crippen LogP contribution in [0.2, 0.25) is 0 Å². The number of hydrogen-bond donors (Lipinski definition) is 6. The predicted octanol–water partition coefficient (Wildman–Crippen LogP) is 1.03. The summed E-state index contributed by atoms with van der Waals surface area (Å²) in [4.78, 5) is 40.6. The fraction of sp³-hybridized carbons (Fsp3) is 0.286. The second-order valence-electron chi connectivity index (χ2n) is 9.89. The normalized spacial score (nSPS) is 21.9. The van der Waals surface area contributed by atoms with Crippen molar-refractivity contribution in [1.82, 2.24) is 10.0 Å². The minimum atomic E-state index is -4.20. The molecular formula is C28H31N5O6S. The van der Waals surface area contributed by atoms with Crippen molar-refractivity contribution in [3.8, 4) is 0 Å². The van der Waals surface area contributed by atoms with Gasteiger partial charge in [0.05, 0.1) is 22.9 Å². The summed E-state index contributed by atoms with van der Waals surface area (Å²) in [6.07, 6.45) is 0.250. The second kappa shape index (κ2) is 10.9. The van der Waals surface area contributed by atoms with Crippen LogP contribution in [0, 0.1) is 5.41 Å². The van der Waals surface area contributed by atoms with Gasteiger partial charge < -0.3 is 16.6 Å². The van der Waals surface area contributed by atoms with E-state index in [9.17, 15) is 27.9 Å². The van der Waals surface area contributed by atoms with Gasteiger partial charge in [-0.05, 0) is 54.8 Å². The van der Waals surface area contributed by atoms with Crippen molar-refractivity contribution in [2.24, 2.45) is 11.5 Å². The number of carbonyl (C=O) groups excluding carboxylic acids is 2. The highest BCUT2D eigenvalue weighted by molar-refractivity contribution is 7.89. The van der Waals surface area contributed by atoms with Crippen molar-refractivity contribution in [3.63, 3.8) is 0 Å². The molecule has 40 heavy (non-hydrogen) atoms. The van der Waals surface area contributed by atoms with Crippen molar-refractivity contribution < 1.29 is 27.9 Å². The molecular weight excluding hydrogens is 534 g/mol. The van der Waals surface area contributed by atoms with Crippen molar-refractivity contribution in [2.45, 2.75) is 41.7 Å². The summed E-state index contributed by atoms with van der Waals surface area (Å²) in [7, 11) is -4.20. The number of carbonyl (C=O) groups is 3. The Labute approximate surface area is 231 Å². The molecule has 3 atom stereocenters. The minimum Gasteiger partial charge on any atom is -0.479 e. The number of nitrogen functional groups attached to an aromatic ring is 1. The van der Waals surface area contributed by atoms with E-state index in [4.69, 9.17) is 16.9 Å². The van der Waals surface area contributed by atoms with Gasteiger partial charge in [0.2, 0.25) is 10.0 Å². The summed E-state index contributed by atoms with van der Waals surface area (Å²) in [6.45, 7) is 0.667. The first-order valence-electron chi connectivity index (χ1n) is 12.6. The van der Waals surface area contributed by atoms with Crippen LogP contribution in [-0.2, 0) is 29.8 Å². The summed E-state index contributed by atoms with van der Waals surface area (Å²) >= 11 is 0. The first-order chi connectivity index (χ1) is 18.9. The summed E-state index contributed by atoms with van der Waals surface area (Å²) in [5, 5.41) is 22.5. The number of piperidine rings is 1. The SMILES string of the molecule is C[C@H](N)C(=O)C1(C(=O)O)NCCCC1(C(=O)CNS(=O)(=O)c1ccc2ccccc2c1)c1ccc(C(=N)N)cc1. The molecule has 1 fully saturated rings. The van der Waals surface area contributed by atoms with Gasteiger partial charge in [-0.25, -0.2) is 17.9 Å². The van der Waals surface area contributed by atoms with Crippen molar-refractivity contribution in [1.29, 1.82) is 5.41 Å². The van der Waals surface area contributed by atoms with E-state index in [0.717, 1.165) is 5.39 Å². The van der Waals surface area contributed by atoms with Gasteiger partial charge in [-0.2, -0.15) is 0 Å². The number of rotatable bonds is 10. The first kappa shape index (κ1) is 29.0. The first-order valence-corrected chi connectivity index (χ1v) is 14.1. The van der Waals surface area contributed by atoms with Crippen LogP contribution in [0.4, 0.5) is 0 Å². The molecule has 0 saturated carbocycles. The highest BCUT2D eigenvalue weighted by Crippen LogP contribution is 2.45. The molecule has 210 valence electrons. The molecule has 0 aliphatic carbocycles. The lowest BCUT2D eigenvalue weighted by Gasteiger charge is -2.50. The van der Waals surface area contributed by atoms with Crippen LogP contribution in [0.5, 0.6) is 0 Å². The zero-order chi connectivity index (χ0) is 29.3. The van der Waals surface area contributed by atoms with E-state index < -0.39 is 51.1 Å². The van der Waals surface area contributed by atoms with E-state index in [0.29, 0.717) is 17.4 Å². The van der Waals surface area contributed by atoms with Crippen molar-refractivity contribution in [3.05, 3.63) is 77.9 Å². The number of Topliss-reactive ketones (excluding diaryl/α,β-unsaturated/α-hetero) is 2. The summed E-state index contributed by atoms with van der Waals surface area (Å²) < 4.78 is 28.8. The minimum absolute atomic E-state index is 0.0687. The van der Waals surface area contributed by atoms with Gasteiger partial charge in [0.15, 0.2) is 17.1 Å². The maximum absolute atomic E-state index is 14.2. The van der Waals surface area contributed by atoms with E-state index in [2.05, 4.69) is 10.0 Å². The number of carboxylic acid groups (broad SMARTS) is 1. The lowest BCUT2D eigenvalue weighted by Crippen LogP contribution is -2.77. The smallest absolute Gasteiger partial charge is 0.333 e. The van der Waals surface area contributed by atoms with Gasteiger partial charge in [0.1, 0.15) is 5.84 Å². The number of hydrogen-bond acceptors (Lipinski definition) is 8. The third kappa shape index (κ3) is 4.79. The van der Waals surface area contributed by atoms with Gasteiger partial charge >= 0.3 is 5.97 Å². The number of aliphatic carboxylic acids is 1. The number of benzene rings is 3. The molecule has 4 rings (SSSR count). The average molecular weight is 566 g/mol. The third-order valence-corrected chi connectivity index (χ3v) is 8.88. The number of ketones is 2. The molecule has 0 bridgehead atoms. The molecule has 0 radical (unpaired) electrons. The number of amidine groups is 1. The van der Waals surface area contributed by atoms with E-state index in [1.54, 1.807) is 18.2 Å². The van der Waals surface area contributed by atoms with E-state index in [1.807, 2.05) is 12.1 Å². The van der Waals surface area contributed by atoms with Crippen LogP contribution in [0.15, 0.2) is 71.6 Å². The van der Waals surface area contributed by atoms with Crippen LogP contribution in [0.1, 0.15) is 30.9 Å². The number of nitrogens with one attached hydrogen (secondary N) is 3. The van der Waals surface area contributed by atoms with Crippen molar-refractivity contribution >= 4 is 44.2 Å². The third-order valence-electron chi connectivity index (χ3n) is 7.48. The Morgan fingerprint density at radius 2 is 1.73 bits per heavy atom. The lowest BCUT2D eigenvalue weighted by molar-refractivity contribution is -0.160. The zero-order valence-corrected chi connectivity index (χ0v) is 22.6. The average Bonchev–Trinajstić information content (AvgIpc) is 2.94. The molecule has 8 N–H and O–H groups in total. The highest BCUT2D eigenvalue weighted by atomic mass is 32.2. The van der Waals surface area contributed by atoms with Crippen LogP contribution < -0.4 is 21.5 Å². The Balaban J connectivity index is 1.81. The van der Waals surface area contributed by atoms with E-state index in [-0.39, 0.29) is 29.3 Å². The molecule has 1 aliphatic heterocycles. The Morgan fingerprint density at radius 3 is 2.33 bits per heavy atom. The molecule has 1 heterocycles. The molecule has 11 nitrogen and oxygen atoms in total. The van der Waals surface area contributed by atoms with E-state index in [1.165, 1.54) is 43.3 Å². The Kier molecular flexibility index (Phi) is 7.90. The molecule has 0 spiro atoms. The molecule has 12 heteroatoms. The molecule has 1 aliphatic rings. The predicted molar refractivity (Wildman–Crippen MR) is 150 cm³/mol. The summed E-state index contributed by atoms with van der Waals surface area (Å²) in [5.41, 5.74) is 7.46. The Bertz CT molecular complexity index is 1600. The number of carboxylic acids is 1. The number of sulfonamides is 1. The molecule has 0 aromatic heterocycles. The Hall–Kier alpha value is -3.97.